The Hall–Kier alpha value is -3.12. The lowest BCUT2D eigenvalue weighted by Crippen LogP contribution is -2.22. The number of ether oxygens (including phenoxy) is 1. The molecule has 0 aliphatic carbocycles. The van der Waals surface area contributed by atoms with Crippen molar-refractivity contribution < 1.29 is 17.9 Å². The Morgan fingerprint density at radius 1 is 0.828 bits per heavy atom. The first-order valence-corrected chi connectivity index (χ1v) is 11.0. The van der Waals surface area contributed by atoms with Crippen LogP contribution in [0.2, 0.25) is 0 Å². The third kappa shape index (κ3) is 4.84. The molecule has 3 rings (SSSR count). The Kier molecular flexibility index (Phi) is 5.48. The molecule has 0 fully saturated rings. The number of nitrogens with two attached hydrogens (primary N) is 1. The van der Waals surface area contributed by atoms with Crippen molar-refractivity contribution in [2.24, 2.45) is 0 Å². The van der Waals surface area contributed by atoms with Crippen LogP contribution in [0.4, 0.5) is 5.69 Å². The van der Waals surface area contributed by atoms with E-state index in [0.29, 0.717) is 5.57 Å². The van der Waals surface area contributed by atoms with E-state index in [1.807, 2.05) is 60.7 Å². The third-order valence-electron chi connectivity index (χ3n) is 4.58. The molecule has 5 nitrogen and oxygen atoms in total. The minimum absolute atomic E-state index is 0.276. The molecule has 1 aliphatic heterocycles. The molecule has 2 aromatic carbocycles. The van der Waals surface area contributed by atoms with Crippen molar-refractivity contribution in [2.45, 2.75) is 19.4 Å². The summed E-state index contributed by atoms with van der Waals surface area (Å²) < 4.78 is 29.2. The van der Waals surface area contributed by atoms with E-state index >= 15 is 0 Å². The highest BCUT2D eigenvalue weighted by atomic mass is 32.2. The maximum absolute atomic E-state index is 12.0. The van der Waals surface area contributed by atoms with E-state index in [-0.39, 0.29) is 4.91 Å². The van der Waals surface area contributed by atoms with Gasteiger partial charge in [0.1, 0.15) is 5.60 Å². The molecule has 0 saturated heterocycles. The summed E-state index contributed by atoms with van der Waals surface area (Å²) in [5.41, 5.74) is 8.74. The Morgan fingerprint density at radius 3 is 1.69 bits per heavy atom. The zero-order chi connectivity index (χ0) is 21.2. The third-order valence-corrected chi connectivity index (χ3v) is 5.71. The fraction of sp³-hybridized carbons (Fsp3) is 0.174. The van der Waals surface area contributed by atoms with Gasteiger partial charge in [0, 0.05) is 17.5 Å². The second kappa shape index (κ2) is 7.72. The van der Waals surface area contributed by atoms with Gasteiger partial charge in [-0.25, -0.2) is 13.2 Å². The van der Waals surface area contributed by atoms with Crippen LogP contribution in [0.15, 0.2) is 65.1 Å². The van der Waals surface area contributed by atoms with Crippen molar-refractivity contribution in [2.75, 3.05) is 12.0 Å². The van der Waals surface area contributed by atoms with Crippen LogP contribution in [0, 0.1) is 0 Å². The van der Waals surface area contributed by atoms with E-state index in [1.165, 1.54) is 0 Å². The van der Waals surface area contributed by atoms with Gasteiger partial charge in [0.15, 0.2) is 14.7 Å². The standard InChI is InChI=1S/C23H23NO4S/c1-23(2)20(21(22(25)28-23)29(3,26)27)15-12-17-7-4-16(5-8-17)6-9-18-10-13-19(24)14-11-18/h4-15H,24H2,1-3H3/b9-6+,15-12+. The fourth-order valence-corrected chi connectivity index (χ4v) is 4.10. The summed E-state index contributed by atoms with van der Waals surface area (Å²) in [4.78, 5) is 11.7. The summed E-state index contributed by atoms with van der Waals surface area (Å²) in [5, 5.41) is 0. The number of hydrogen-bond donors (Lipinski definition) is 1. The maximum atomic E-state index is 12.0. The lowest BCUT2D eigenvalue weighted by atomic mass is 9.98. The average Bonchev–Trinajstić information content (AvgIpc) is 2.88. The largest absolute Gasteiger partial charge is 0.451 e. The molecule has 0 atom stereocenters. The second-order valence-electron chi connectivity index (χ2n) is 7.41. The summed E-state index contributed by atoms with van der Waals surface area (Å²) in [7, 11) is -3.68. The maximum Gasteiger partial charge on any atom is 0.351 e. The van der Waals surface area contributed by atoms with E-state index in [2.05, 4.69) is 0 Å². The highest BCUT2D eigenvalue weighted by Crippen LogP contribution is 2.36. The monoisotopic (exact) mass is 409 g/mol. The van der Waals surface area contributed by atoms with Crippen molar-refractivity contribution in [3.05, 3.63) is 81.8 Å². The van der Waals surface area contributed by atoms with Gasteiger partial charge in [0.05, 0.1) is 0 Å². The molecule has 1 heterocycles. The highest BCUT2D eigenvalue weighted by molar-refractivity contribution is 7.95. The van der Waals surface area contributed by atoms with E-state index in [1.54, 1.807) is 26.0 Å². The van der Waals surface area contributed by atoms with Crippen LogP contribution in [0.5, 0.6) is 0 Å². The molecule has 29 heavy (non-hydrogen) atoms. The molecule has 0 aromatic heterocycles. The molecule has 0 saturated carbocycles. The van der Waals surface area contributed by atoms with Crippen LogP contribution < -0.4 is 5.73 Å². The molecule has 2 N–H and O–H groups in total. The van der Waals surface area contributed by atoms with Crippen LogP contribution in [0.25, 0.3) is 18.2 Å². The molecular weight excluding hydrogens is 386 g/mol. The van der Waals surface area contributed by atoms with Crippen molar-refractivity contribution in [1.82, 2.24) is 0 Å². The average molecular weight is 410 g/mol. The number of nitrogen functional groups attached to an aromatic ring is 1. The van der Waals surface area contributed by atoms with Crippen molar-refractivity contribution in [3.8, 4) is 0 Å². The summed E-state index contributed by atoms with van der Waals surface area (Å²) in [6, 6.07) is 15.4. The number of benzene rings is 2. The number of cyclic esters (lactones) is 1. The SMILES string of the molecule is CC1(C)OC(=O)C(S(C)(=O)=O)=C1/C=C/c1ccc(/C=C/c2ccc(N)cc2)cc1. The number of carbonyl (C=O) groups excluding carboxylic acids is 1. The number of esters is 1. The van der Waals surface area contributed by atoms with Gasteiger partial charge in [-0.1, -0.05) is 60.7 Å². The fourth-order valence-electron chi connectivity index (χ4n) is 3.04. The van der Waals surface area contributed by atoms with Crippen LogP contribution >= 0.6 is 0 Å². The predicted octanol–water partition coefficient (Wildman–Crippen LogP) is 4.09. The zero-order valence-electron chi connectivity index (χ0n) is 16.5. The number of rotatable bonds is 5. The molecular formula is C23H23NO4S. The van der Waals surface area contributed by atoms with Gasteiger partial charge >= 0.3 is 5.97 Å². The summed E-state index contributed by atoms with van der Waals surface area (Å²) >= 11 is 0. The molecule has 0 bridgehead atoms. The molecule has 0 spiro atoms. The Labute approximate surface area is 171 Å². The zero-order valence-corrected chi connectivity index (χ0v) is 17.4. The van der Waals surface area contributed by atoms with Crippen molar-refractivity contribution in [3.63, 3.8) is 0 Å². The van der Waals surface area contributed by atoms with E-state index in [4.69, 9.17) is 10.5 Å². The first kappa shape index (κ1) is 20.6. The molecule has 1 aliphatic rings. The molecule has 2 aromatic rings. The van der Waals surface area contributed by atoms with Gasteiger partial charge in [-0.15, -0.1) is 0 Å². The number of hydrogen-bond acceptors (Lipinski definition) is 5. The smallest absolute Gasteiger partial charge is 0.351 e. The number of sulfone groups is 1. The summed E-state index contributed by atoms with van der Waals surface area (Å²) in [5.74, 6) is -0.805. The number of carbonyl (C=O) groups is 1. The van der Waals surface area contributed by atoms with Gasteiger partial charge in [0.2, 0.25) is 0 Å². The van der Waals surface area contributed by atoms with Gasteiger partial charge in [-0.3, -0.25) is 0 Å². The topological polar surface area (TPSA) is 86.5 Å². The van der Waals surface area contributed by atoms with Gasteiger partial charge in [0.25, 0.3) is 0 Å². The van der Waals surface area contributed by atoms with Crippen LogP contribution in [-0.4, -0.2) is 26.2 Å². The summed E-state index contributed by atoms with van der Waals surface area (Å²) in [6.07, 6.45) is 8.42. The first-order valence-electron chi connectivity index (χ1n) is 9.06. The Balaban J connectivity index is 1.81. The molecule has 150 valence electrons. The van der Waals surface area contributed by atoms with E-state index in [0.717, 1.165) is 28.6 Å². The van der Waals surface area contributed by atoms with Crippen LogP contribution in [-0.2, 0) is 19.4 Å². The lowest BCUT2D eigenvalue weighted by Gasteiger charge is -2.18. The predicted molar refractivity (Wildman–Crippen MR) is 117 cm³/mol. The molecule has 0 amide bonds. The number of anilines is 1. The van der Waals surface area contributed by atoms with Crippen molar-refractivity contribution >= 4 is 39.7 Å². The Bertz CT molecular complexity index is 1120. The molecule has 0 radical (unpaired) electrons. The van der Waals surface area contributed by atoms with E-state index < -0.39 is 21.4 Å². The van der Waals surface area contributed by atoms with E-state index in [9.17, 15) is 13.2 Å². The second-order valence-corrected chi connectivity index (χ2v) is 9.37. The quantitative estimate of drug-likeness (QED) is 0.457. The van der Waals surface area contributed by atoms with Gasteiger partial charge in [-0.2, -0.15) is 0 Å². The lowest BCUT2D eigenvalue weighted by molar-refractivity contribution is -0.143. The first-order chi connectivity index (χ1) is 13.6. The van der Waals surface area contributed by atoms with Gasteiger partial charge in [-0.05, 0) is 42.7 Å². The Morgan fingerprint density at radius 2 is 1.24 bits per heavy atom. The minimum Gasteiger partial charge on any atom is -0.451 e. The van der Waals surface area contributed by atoms with Gasteiger partial charge < -0.3 is 10.5 Å². The normalized spacial score (nSPS) is 16.7. The highest BCUT2D eigenvalue weighted by Gasteiger charge is 2.43. The summed E-state index contributed by atoms with van der Waals surface area (Å²) in [6.45, 7) is 3.35. The molecule has 0 unspecified atom stereocenters. The van der Waals surface area contributed by atoms with Crippen LogP contribution in [0.1, 0.15) is 30.5 Å². The van der Waals surface area contributed by atoms with Crippen molar-refractivity contribution in [1.29, 1.82) is 0 Å². The minimum atomic E-state index is -3.68. The van der Waals surface area contributed by atoms with Crippen LogP contribution in [0.3, 0.4) is 0 Å². The molecule has 6 heteroatoms.